The summed E-state index contributed by atoms with van der Waals surface area (Å²) in [6.07, 6.45) is 0.947. The van der Waals surface area contributed by atoms with Crippen LogP contribution < -0.4 is 14.6 Å². The normalized spacial score (nSPS) is 11.2. The van der Waals surface area contributed by atoms with Gasteiger partial charge in [-0.3, -0.25) is 0 Å². The second kappa shape index (κ2) is 9.42. The molecule has 0 bridgehead atoms. The Labute approximate surface area is 151 Å². The van der Waals surface area contributed by atoms with Crippen molar-refractivity contribution in [1.29, 1.82) is 0 Å². The molecule has 5 nitrogen and oxygen atoms in total. The van der Waals surface area contributed by atoms with Crippen LogP contribution in [-0.4, -0.2) is 18.6 Å². The molecular formula is C20H20FNO4. The van der Waals surface area contributed by atoms with E-state index in [1.165, 1.54) is 31.2 Å². The maximum Gasteiger partial charge on any atom is 0.311 e. The molecule has 2 aromatic carbocycles. The molecule has 26 heavy (non-hydrogen) atoms. The van der Waals surface area contributed by atoms with Crippen LogP contribution >= 0.6 is 0 Å². The molecule has 0 aliphatic rings. The zero-order valence-electron chi connectivity index (χ0n) is 14.7. The highest BCUT2D eigenvalue weighted by molar-refractivity contribution is 5.69. The molecule has 0 fully saturated rings. The lowest BCUT2D eigenvalue weighted by molar-refractivity contribution is -0.312. The number of rotatable bonds is 7. The van der Waals surface area contributed by atoms with Crippen LogP contribution in [0.3, 0.4) is 0 Å². The predicted octanol–water partition coefficient (Wildman–Crippen LogP) is 3.62. The molecule has 2 rings (SSSR count). The Hall–Kier alpha value is -3.07. The summed E-state index contributed by atoms with van der Waals surface area (Å²) in [5, 5.41) is 10.7. The van der Waals surface area contributed by atoms with Gasteiger partial charge in [-0.1, -0.05) is 11.8 Å². The van der Waals surface area contributed by atoms with E-state index in [-0.39, 0.29) is 5.75 Å². The van der Waals surface area contributed by atoms with E-state index in [0.717, 1.165) is 12.8 Å². The molecule has 0 N–H and O–H groups in total. The molecule has 0 aromatic heterocycles. The van der Waals surface area contributed by atoms with E-state index in [9.17, 15) is 14.3 Å². The lowest BCUT2D eigenvalue weighted by Gasteiger charge is -2.15. The largest absolute Gasteiger partial charge is 0.546 e. The molecule has 0 aliphatic heterocycles. The van der Waals surface area contributed by atoms with Crippen molar-refractivity contribution in [3.8, 4) is 23.3 Å². The zero-order chi connectivity index (χ0) is 18.9. The van der Waals surface area contributed by atoms with Crippen molar-refractivity contribution in [3.05, 3.63) is 58.7 Å². The molecule has 0 unspecified atom stereocenters. The smallest absolute Gasteiger partial charge is 0.311 e. The third-order valence-corrected chi connectivity index (χ3v) is 3.46. The van der Waals surface area contributed by atoms with Crippen molar-refractivity contribution >= 4 is 5.97 Å². The number of halogens is 1. The molecule has 0 aliphatic carbocycles. The Morgan fingerprint density at radius 1 is 1.23 bits per heavy atom. The summed E-state index contributed by atoms with van der Waals surface area (Å²) in [4.78, 5) is 14.8. The molecule has 0 saturated carbocycles. The van der Waals surface area contributed by atoms with E-state index in [2.05, 4.69) is 17.8 Å². The van der Waals surface area contributed by atoms with E-state index in [4.69, 9.17) is 9.47 Å². The van der Waals surface area contributed by atoms with Crippen LogP contribution in [0.15, 0.2) is 42.5 Å². The Balaban J connectivity index is 2.01. The highest BCUT2D eigenvalue weighted by atomic mass is 19.1. The molecule has 0 radical (unpaired) electrons. The fourth-order valence-corrected chi connectivity index (χ4v) is 2.00. The number of unbranched alkanes of at least 4 members (excludes halogenated alkanes) is 1. The molecule has 0 spiro atoms. The summed E-state index contributed by atoms with van der Waals surface area (Å²) in [5.74, 6) is -1.01. The first-order chi connectivity index (χ1) is 12.5. The number of carbonyl (C=O) groups excluding carboxylic acids is 1. The summed E-state index contributed by atoms with van der Waals surface area (Å²) < 4.78 is 24.8. The predicted molar refractivity (Wildman–Crippen MR) is 94.1 cm³/mol. The van der Waals surface area contributed by atoms with E-state index in [1.807, 2.05) is 0 Å². The highest BCUT2D eigenvalue weighted by Crippen LogP contribution is 2.27. The van der Waals surface area contributed by atoms with Crippen molar-refractivity contribution in [2.75, 3.05) is 6.54 Å². The number of benzene rings is 2. The quantitative estimate of drug-likeness (QED) is 0.710. The van der Waals surface area contributed by atoms with Crippen LogP contribution in [0.2, 0.25) is 0 Å². The Bertz CT molecular complexity index is 809. The third-order valence-electron chi connectivity index (χ3n) is 3.46. The molecule has 6 heteroatoms. The van der Waals surface area contributed by atoms with Crippen molar-refractivity contribution < 1.29 is 23.8 Å². The minimum atomic E-state index is -1.30. The van der Waals surface area contributed by atoms with Gasteiger partial charge in [0.15, 0.2) is 11.6 Å². The van der Waals surface area contributed by atoms with Crippen LogP contribution in [0.25, 0.3) is 4.85 Å². The number of carboxylic acid groups (broad SMARTS) is 1. The number of nitrogens with zero attached hydrogens (tertiary/aromatic N) is 1. The number of hydrogen-bond donors (Lipinski definition) is 0. The second-order valence-electron chi connectivity index (χ2n) is 5.64. The van der Waals surface area contributed by atoms with Gasteiger partial charge >= 0.3 is 6.07 Å². The van der Waals surface area contributed by atoms with Gasteiger partial charge < -0.3 is 19.4 Å². The summed E-state index contributed by atoms with van der Waals surface area (Å²) in [6.45, 7) is 4.12. The SMILES string of the molecule is CCCC[N+]#Cc1ccc(Oc2ccc(O[C@H](C)C(=O)[O-])cc2)c(F)c1. The number of carboxylic acids is 1. The molecule has 2 aromatic rings. The molecule has 0 heterocycles. The van der Waals surface area contributed by atoms with Gasteiger partial charge in [-0.15, -0.1) is 0 Å². The van der Waals surface area contributed by atoms with Crippen LogP contribution in [-0.2, 0) is 4.79 Å². The van der Waals surface area contributed by atoms with E-state index in [1.54, 1.807) is 18.2 Å². The molecule has 0 amide bonds. The summed E-state index contributed by atoms with van der Waals surface area (Å²) in [6, 6.07) is 13.5. The van der Waals surface area contributed by atoms with Crippen molar-refractivity contribution in [2.45, 2.75) is 32.8 Å². The van der Waals surface area contributed by atoms with Gasteiger partial charge in [0.25, 0.3) is 6.54 Å². The average molecular weight is 357 g/mol. The maximum absolute atomic E-state index is 14.1. The van der Waals surface area contributed by atoms with Gasteiger partial charge in [-0.25, -0.2) is 4.39 Å². The zero-order valence-corrected chi connectivity index (χ0v) is 14.7. The van der Waals surface area contributed by atoms with Gasteiger partial charge in [-0.2, -0.15) is 0 Å². The lowest BCUT2D eigenvalue weighted by Crippen LogP contribution is -2.37. The highest BCUT2D eigenvalue weighted by Gasteiger charge is 2.09. The molecule has 136 valence electrons. The van der Waals surface area contributed by atoms with Gasteiger partial charge in [0.05, 0.1) is 5.97 Å². The van der Waals surface area contributed by atoms with E-state index in [0.29, 0.717) is 23.6 Å². The Kier molecular flexibility index (Phi) is 6.98. The van der Waals surface area contributed by atoms with Crippen molar-refractivity contribution in [1.82, 2.24) is 0 Å². The minimum absolute atomic E-state index is 0.0703. The molecule has 1 atom stereocenters. The van der Waals surface area contributed by atoms with Crippen molar-refractivity contribution in [3.63, 3.8) is 0 Å². The van der Waals surface area contributed by atoms with E-state index < -0.39 is 17.9 Å². The molecular weight excluding hydrogens is 337 g/mol. The summed E-state index contributed by atoms with van der Waals surface area (Å²) >= 11 is 0. The van der Waals surface area contributed by atoms with Crippen LogP contribution in [0, 0.1) is 11.9 Å². The monoisotopic (exact) mass is 357 g/mol. The van der Waals surface area contributed by atoms with Gasteiger partial charge in [0, 0.05) is 6.42 Å². The Morgan fingerprint density at radius 3 is 2.54 bits per heavy atom. The number of aliphatic carboxylic acids is 1. The van der Waals surface area contributed by atoms with E-state index >= 15 is 0 Å². The number of hydrogen-bond acceptors (Lipinski definition) is 4. The first-order valence-electron chi connectivity index (χ1n) is 8.37. The third kappa shape index (κ3) is 5.78. The minimum Gasteiger partial charge on any atom is -0.546 e. The maximum atomic E-state index is 14.1. The second-order valence-corrected chi connectivity index (χ2v) is 5.64. The first-order valence-corrected chi connectivity index (χ1v) is 8.37. The average Bonchev–Trinajstić information content (AvgIpc) is 2.62. The standard InChI is InChI=1S/C20H20FNO4/c1-3-4-11-22-13-15-5-10-19(18(21)12-15)26-17-8-6-16(7-9-17)25-14(2)20(23)24/h5-10,12,14H,3-4,11H2,1-2H3/t14-/m1/s1. The van der Waals surface area contributed by atoms with Gasteiger partial charge in [0.2, 0.25) is 0 Å². The molecule has 0 saturated heterocycles. The van der Waals surface area contributed by atoms with Crippen LogP contribution in [0.1, 0.15) is 32.3 Å². The van der Waals surface area contributed by atoms with Crippen molar-refractivity contribution in [2.24, 2.45) is 0 Å². The first kappa shape index (κ1) is 19.3. The van der Waals surface area contributed by atoms with Gasteiger partial charge in [-0.05, 0) is 55.8 Å². The van der Waals surface area contributed by atoms with Crippen LogP contribution in [0.4, 0.5) is 4.39 Å². The summed E-state index contributed by atoms with van der Waals surface area (Å²) in [7, 11) is 0. The summed E-state index contributed by atoms with van der Waals surface area (Å²) in [5.41, 5.74) is 0.547. The number of ether oxygens (including phenoxy) is 2. The fraction of sp³-hybridized carbons (Fsp3) is 0.300. The van der Waals surface area contributed by atoms with Crippen LogP contribution in [0.5, 0.6) is 17.2 Å². The van der Waals surface area contributed by atoms with Gasteiger partial charge in [0.1, 0.15) is 23.2 Å². The number of carbonyl (C=O) groups is 1. The Morgan fingerprint density at radius 2 is 1.92 bits per heavy atom. The fourth-order valence-electron chi connectivity index (χ4n) is 2.00. The topological polar surface area (TPSA) is 63.0 Å². The lowest BCUT2D eigenvalue weighted by atomic mass is 10.2.